The van der Waals surface area contributed by atoms with Crippen molar-refractivity contribution in [2.75, 3.05) is 0 Å². The zero-order valence-electron chi connectivity index (χ0n) is 8.93. The van der Waals surface area contributed by atoms with Crippen LogP contribution in [0.5, 0.6) is 0 Å². The molecule has 0 saturated heterocycles. The van der Waals surface area contributed by atoms with Crippen LogP contribution in [0.2, 0.25) is 0 Å². The van der Waals surface area contributed by atoms with Gasteiger partial charge < -0.3 is 4.57 Å². The van der Waals surface area contributed by atoms with Gasteiger partial charge in [0.25, 0.3) is 5.56 Å². The third-order valence-electron chi connectivity index (χ3n) is 2.33. The quantitative estimate of drug-likeness (QED) is 0.806. The van der Waals surface area contributed by atoms with E-state index in [9.17, 15) is 4.79 Å². The molecule has 0 aliphatic carbocycles. The number of nitrogens with one attached hydrogen (secondary N) is 1. The van der Waals surface area contributed by atoms with Crippen molar-refractivity contribution in [3.63, 3.8) is 0 Å². The van der Waals surface area contributed by atoms with E-state index in [1.807, 2.05) is 16.7 Å². The fraction of sp³-hybridized carbons (Fsp3) is 0.167. The SMILES string of the molecule is Cc1cccc(Cn2ccc(=O)[nH]c2=S)c1. The Morgan fingerprint density at radius 2 is 2.19 bits per heavy atom. The Morgan fingerprint density at radius 1 is 1.38 bits per heavy atom. The van der Waals surface area contributed by atoms with Crippen LogP contribution < -0.4 is 5.56 Å². The normalized spacial score (nSPS) is 10.3. The first-order valence-corrected chi connectivity index (χ1v) is 5.41. The van der Waals surface area contributed by atoms with Crippen molar-refractivity contribution in [3.05, 3.63) is 62.8 Å². The fourth-order valence-electron chi connectivity index (χ4n) is 1.58. The molecule has 0 fully saturated rings. The average molecular weight is 232 g/mol. The second kappa shape index (κ2) is 4.45. The van der Waals surface area contributed by atoms with Crippen LogP contribution in [0, 0.1) is 11.7 Å². The first-order chi connectivity index (χ1) is 7.65. The van der Waals surface area contributed by atoms with Gasteiger partial charge in [0, 0.05) is 18.8 Å². The van der Waals surface area contributed by atoms with Gasteiger partial charge in [-0.3, -0.25) is 9.78 Å². The van der Waals surface area contributed by atoms with Crippen LogP contribution in [-0.4, -0.2) is 9.55 Å². The number of aryl methyl sites for hydroxylation is 1. The highest BCUT2D eigenvalue weighted by molar-refractivity contribution is 7.71. The van der Waals surface area contributed by atoms with E-state index in [0.717, 1.165) is 0 Å². The number of hydrogen-bond acceptors (Lipinski definition) is 2. The lowest BCUT2D eigenvalue weighted by Crippen LogP contribution is -2.11. The number of benzene rings is 1. The summed E-state index contributed by atoms with van der Waals surface area (Å²) in [4.78, 5) is 13.6. The molecule has 1 heterocycles. The summed E-state index contributed by atoms with van der Waals surface area (Å²) in [5, 5.41) is 0. The van der Waals surface area contributed by atoms with Crippen molar-refractivity contribution in [2.24, 2.45) is 0 Å². The van der Waals surface area contributed by atoms with Crippen LogP contribution in [0.4, 0.5) is 0 Å². The molecule has 0 spiro atoms. The van der Waals surface area contributed by atoms with Crippen molar-refractivity contribution >= 4 is 12.2 Å². The number of aromatic amines is 1. The van der Waals surface area contributed by atoms with Gasteiger partial charge >= 0.3 is 0 Å². The molecule has 2 aromatic rings. The summed E-state index contributed by atoms with van der Waals surface area (Å²) in [6.45, 7) is 2.73. The average Bonchev–Trinajstić information content (AvgIpc) is 2.22. The van der Waals surface area contributed by atoms with Gasteiger partial charge in [0.1, 0.15) is 0 Å². The van der Waals surface area contributed by atoms with E-state index in [4.69, 9.17) is 12.2 Å². The topological polar surface area (TPSA) is 37.8 Å². The first-order valence-electron chi connectivity index (χ1n) is 5.00. The minimum Gasteiger partial charge on any atom is -0.321 e. The molecule has 16 heavy (non-hydrogen) atoms. The molecule has 0 aliphatic rings. The van der Waals surface area contributed by atoms with Gasteiger partial charge in [-0.15, -0.1) is 0 Å². The van der Waals surface area contributed by atoms with E-state index in [1.165, 1.54) is 17.2 Å². The highest BCUT2D eigenvalue weighted by Crippen LogP contribution is 2.05. The van der Waals surface area contributed by atoms with Gasteiger partial charge in [0.05, 0.1) is 0 Å². The Balaban J connectivity index is 2.34. The number of nitrogens with zero attached hydrogens (tertiary/aromatic N) is 1. The molecule has 0 unspecified atom stereocenters. The summed E-state index contributed by atoms with van der Waals surface area (Å²) in [5.41, 5.74) is 2.22. The molecule has 0 atom stereocenters. The largest absolute Gasteiger partial charge is 0.321 e. The predicted molar refractivity (Wildman–Crippen MR) is 66.2 cm³/mol. The summed E-state index contributed by atoms with van der Waals surface area (Å²) in [5.74, 6) is 0. The number of aromatic nitrogens is 2. The van der Waals surface area contributed by atoms with Crippen molar-refractivity contribution in [2.45, 2.75) is 13.5 Å². The zero-order valence-corrected chi connectivity index (χ0v) is 9.75. The van der Waals surface area contributed by atoms with Crippen LogP contribution in [0.25, 0.3) is 0 Å². The lowest BCUT2D eigenvalue weighted by molar-refractivity contribution is 0.744. The first kappa shape index (κ1) is 10.8. The van der Waals surface area contributed by atoms with Crippen LogP contribution in [-0.2, 0) is 6.54 Å². The molecule has 0 radical (unpaired) electrons. The molecule has 82 valence electrons. The second-order valence-corrected chi connectivity index (χ2v) is 4.11. The van der Waals surface area contributed by atoms with Gasteiger partial charge in [-0.2, -0.15) is 0 Å². The molecular weight excluding hydrogens is 220 g/mol. The lowest BCUT2D eigenvalue weighted by atomic mass is 10.1. The van der Waals surface area contributed by atoms with Gasteiger partial charge in [-0.1, -0.05) is 29.8 Å². The van der Waals surface area contributed by atoms with Crippen LogP contribution in [0.15, 0.2) is 41.3 Å². The number of hydrogen-bond donors (Lipinski definition) is 1. The summed E-state index contributed by atoms with van der Waals surface area (Å²) < 4.78 is 2.29. The van der Waals surface area contributed by atoms with Gasteiger partial charge in [-0.05, 0) is 24.7 Å². The number of H-pyrrole nitrogens is 1. The highest BCUT2D eigenvalue weighted by atomic mass is 32.1. The smallest absolute Gasteiger partial charge is 0.251 e. The number of rotatable bonds is 2. The standard InChI is InChI=1S/C12H12N2OS/c1-9-3-2-4-10(7-9)8-14-6-5-11(15)13-12(14)16/h2-7H,8H2,1H3,(H,13,15,16). The van der Waals surface area contributed by atoms with E-state index in [2.05, 4.69) is 24.0 Å². The Hall–Kier alpha value is -1.68. The van der Waals surface area contributed by atoms with Crippen LogP contribution in [0.3, 0.4) is 0 Å². The van der Waals surface area contributed by atoms with E-state index < -0.39 is 0 Å². The molecule has 0 bridgehead atoms. The highest BCUT2D eigenvalue weighted by Gasteiger charge is 1.96. The molecule has 0 saturated carbocycles. The third-order valence-corrected chi connectivity index (χ3v) is 2.67. The Labute approximate surface area is 98.4 Å². The fourth-order valence-corrected chi connectivity index (χ4v) is 1.80. The third kappa shape index (κ3) is 2.46. The van der Waals surface area contributed by atoms with Gasteiger partial charge in [-0.25, -0.2) is 0 Å². The monoisotopic (exact) mass is 232 g/mol. The van der Waals surface area contributed by atoms with Crippen LogP contribution >= 0.6 is 12.2 Å². The molecule has 1 N–H and O–H groups in total. The van der Waals surface area contributed by atoms with Crippen LogP contribution in [0.1, 0.15) is 11.1 Å². The Kier molecular flexibility index (Phi) is 3.01. The van der Waals surface area contributed by atoms with Gasteiger partial charge in [0.15, 0.2) is 4.77 Å². The van der Waals surface area contributed by atoms with E-state index in [0.29, 0.717) is 11.3 Å². The van der Waals surface area contributed by atoms with Gasteiger partial charge in [0.2, 0.25) is 0 Å². The molecule has 1 aromatic heterocycles. The maximum absolute atomic E-state index is 11.0. The van der Waals surface area contributed by atoms with Crippen molar-refractivity contribution in [3.8, 4) is 0 Å². The van der Waals surface area contributed by atoms with E-state index in [1.54, 1.807) is 6.20 Å². The minimum atomic E-state index is -0.162. The maximum Gasteiger partial charge on any atom is 0.251 e. The van der Waals surface area contributed by atoms with E-state index >= 15 is 0 Å². The molecule has 0 amide bonds. The summed E-state index contributed by atoms with van der Waals surface area (Å²) in [7, 11) is 0. The molecule has 4 heteroatoms. The second-order valence-electron chi connectivity index (χ2n) is 3.73. The van der Waals surface area contributed by atoms with E-state index in [-0.39, 0.29) is 5.56 Å². The molecule has 1 aromatic carbocycles. The predicted octanol–water partition coefficient (Wildman–Crippen LogP) is 2.26. The lowest BCUT2D eigenvalue weighted by Gasteiger charge is -2.06. The Morgan fingerprint density at radius 3 is 2.88 bits per heavy atom. The minimum absolute atomic E-state index is 0.162. The Bertz CT molecular complexity index is 613. The summed E-state index contributed by atoms with van der Waals surface area (Å²) in [6, 6.07) is 9.69. The maximum atomic E-state index is 11.0. The molecule has 3 nitrogen and oxygen atoms in total. The molecule has 2 rings (SSSR count). The molecular formula is C12H12N2OS. The van der Waals surface area contributed by atoms with Crippen molar-refractivity contribution in [1.29, 1.82) is 0 Å². The van der Waals surface area contributed by atoms with Crippen molar-refractivity contribution < 1.29 is 0 Å². The van der Waals surface area contributed by atoms with Crippen molar-refractivity contribution in [1.82, 2.24) is 9.55 Å². The summed E-state index contributed by atoms with van der Waals surface area (Å²) >= 11 is 5.08. The zero-order chi connectivity index (χ0) is 11.5. The molecule has 0 aliphatic heterocycles. The summed E-state index contributed by atoms with van der Waals surface area (Å²) in [6.07, 6.45) is 1.71.